The van der Waals surface area contributed by atoms with Gasteiger partial charge in [0.05, 0.1) is 30.0 Å². The summed E-state index contributed by atoms with van der Waals surface area (Å²) < 4.78 is 6.44. The van der Waals surface area contributed by atoms with Crippen LogP contribution in [0.1, 0.15) is 42.4 Å². The molecule has 2 aromatic rings. The van der Waals surface area contributed by atoms with Gasteiger partial charge in [0.1, 0.15) is 5.75 Å². The number of benzene rings is 2. The van der Waals surface area contributed by atoms with Crippen molar-refractivity contribution in [2.45, 2.75) is 43.6 Å². The van der Waals surface area contributed by atoms with Crippen LogP contribution in [0.5, 0.6) is 5.75 Å². The Morgan fingerprint density at radius 3 is 2.94 bits per heavy atom. The molecule has 0 unspecified atom stereocenters. The monoisotopic (exact) mass is 448 g/mol. The van der Waals surface area contributed by atoms with E-state index in [0.29, 0.717) is 18.1 Å². The number of fused-ring (bicyclic) bond motifs is 3. The van der Waals surface area contributed by atoms with Crippen molar-refractivity contribution in [2.75, 3.05) is 24.6 Å². The average molecular weight is 449 g/mol. The zero-order valence-electron chi connectivity index (χ0n) is 18.3. The SMILES string of the molecule is C=C[C@H](O)[C@@H]1CC[C@H]1CN1C[C@@]2(CCCc3cc(Cl)ccc32)COc2ccc(C#N)cc21. The van der Waals surface area contributed by atoms with Crippen molar-refractivity contribution in [3.8, 4) is 11.8 Å². The Kier molecular flexibility index (Phi) is 5.65. The Bertz CT molecular complexity index is 1080. The van der Waals surface area contributed by atoms with Gasteiger partial charge in [0.25, 0.3) is 0 Å². The predicted molar refractivity (Wildman–Crippen MR) is 127 cm³/mol. The molecule has 2 aromatic carbocycles. The van der Waals surface area contributed by atoms with Crippen LogP contribution in [-0.2, 0) is 11.8 Å². The third-order valence-corrected chi connectivity index (χ3v) is 8.01. The molecule has 1 aliphatic heterocycles. The number of nitriles is 1. The van der Waals surface area contributed by atoms with Crippen molar-refractivity contribution in [1.29, 1.82) is 5.26 Å². The lowest BCUT2D eigenvalue weighted by Crippen LogP contribution is -2.49. The Morgan fingerprint density at radius 1 is 1.31 bits per heavy atom. The first-order valence-corrected chi connectivity index (χ1v) is 11.9. The quantitative estimate of drug-likeness (QED) is 0.648. The molecule has 4 atom stereocenters. The first-order valence-electron chi connectivity index (χ1n) is 11.5. The van der Waals surface area contributed by atoms with Gasteiger partial charge in [-0.05, 0) is 85.4 Å². The van der Waals surface area contributed by atoms with Gasteiger partial charge in [-0.15, -0.1) is 6.58 Å². The molecule has 0 radical (unpaired) electrons. The fourth-order valence-electron chi connectivity index (χ4n) is 5.91. The van der Waals surface area contributed by atoms with E-state index in [0.717, 1.165) is 61.7 Å². The molecule has 1 spiro atoms. The van der Waals surface area contributed by atoms with Crippen LogP contribution in [0.15, 0.2) is 49.1 Å². The van der Waals surface area contributed by atoms with Gasteiger partial charge in [-0.2, -0.15) is 5.26 Å². The average Bonchev–Trinajstić information content (AvgIpc) is 2.93. The number of anilines is 1. The minimum atomic E-state index is -0.464. The third kappa shape index (κ3) is 3.68. The van der Waals surface area contributed by atoms with Gasteiger partial charge in [0.15, 0.2) is 0 Å². The fraction of sp³-hybridized carbons (Fsp3) is 0.444. The van der Waals surface area contributed by atoms with Crippen molar-refractivity contribution in [2.24, 2.45) is 11.8 Å². The molecular formula is C27H29ClN2O2. The highest BCUT2D eigenvalue weighted by Gasteiger charge is 2.44. The van der Waals surface area contributed by atoms with Crippen LogP contribution in [0.2, 0.25) is 5.02 Å². The van der Waals surface area contributed by atoms with E-state index in [1.807, 2.05) is 24.3 Å². The molecule has 5 heteroatoms. The summed E-state index contributed by atoms with van der Waals surface area (Å²) in [6.07, 6.45) is 6.52. The maximum absolute atomic E-state index is 10.4. The molecular weight excluding hydrogens is 420 g/mol. The number of hydrogen-bond donors (Lipinski definition) is 1. The molecule has 32 heavy (non-hydrogen) atoms. The van der Waals surface area contributed by atoms with Gasteiger partial charge in [-0.1, -0.05) is 23.7 Å². The van der Waals surface area contributed by atoms with E-state index in [1.165, 1.54) is 11.1 Å². The van der Waals surface area contributed by atoms with Crippen molar-refractivity contribution in [3.05, 3.63) is 70.8 Å². The second-order valence-corrected chi connectivity index (χ2v) is 10.1. The molecule has 1 N–H and O–H groups in total. The predicted octanol–water partition coefficient (Wildman–Crippen LogP) is 5.26. The molecule has 5 rings (SSSR count). The van der Waals surface area contributed by atoms with E-state index in [4.69, 9.17) is 16.3 Å². The van der Waals surface area contributed by atoms with E-state index < -0.39 is 6.10 Å². The minimum absolute atomic E-state index is 0.125. The Hall–Kier alpha value is -2.48. The molecule has 166 valence electrons. The van der Waals surface area contributed by atoms with E-state index in [-0.39, 0.29) is 11.3 Å². The molecule has 1 heterocycles. The molecule has 0 amide bonds. The summed E-state index contributed by atoms with van der Waals surface area (Å²) in [5.41, 5.74) is 4.16. The largest absolute Gasteiger partial charge is 0.490 e. The lowest BCUT2D eigenvalue weighted by molar-refractivity contribution is 0.0460. The number of ether oxygens (including phenoxy) is 1. The summed E-state index contributed by atoms with van der Waals surface area (Å²) in [6, 6.07) is 14.3. The van der Waals surface area contributed by atoms with Crippen molar-refractivity contribution < 1.29 is 9.84 Å². The summed E-state index contributed by atoms with van der Waals surface area (Å²) >= 11 is 6.32. The highest BCUT2D eigenvalue weighted by atomic mass is 35.5. The standard InChI is InChI=1S/C27H29ClN2O2/c1-2-25(31)22-8-6-20(22)15-30-16-27(11-3-4-19-13-21(28)7-9-23(19)27)17-32-26-10-5-18(14-29)12-24(26)30/h2,5,7,9-10,12-13,20,22,25,31H,1,3-4,6,8,11,15-17H2/t20-,22+,25-,27-/m0/s1. The lowest BCUT2D eigenvalue weighted by Gasteiger charge is -2.45. The van der Waals surface area contributed by atoms with Gasteiger partial charge in [0, 0.05) is 23.5 Å². The Balaban J connectivity index is 1.54. The molecule has 3 aliphatic rings. The topological polar surface area (TPSA) is 56.5 Å². The van der Waals surface area contributed by atoms with Crippen LogP contribution < -0.4 is 9.64 Å². The number of nitrogens with zero attached hydrogens (tertiary/aromatic N) is 2. The van der Waals surface area contributed by atoms with Gasteiger partial charge in [0.2, 0.25) is 0 Å². The van der Waals surface area contributed by atoms with Crippen LogP contribution in [0.4, 0.5) is 5.69 Å². The van der Waals surface area contributed by atoms with Crippen molar-refractivity contribution in [1.82, 2.24) is 0 Å². The first kappa shape index (κ1) is 21.4. The van der Waals surface area contributed by atoms with Crippen LogP contribution in [0, 0.1) is 23.2 Å². The van der Waals surface area contributed by atoms with Gasteiger partial charge in [-0.3, -0.25) is 0 Å². The summed E-state index contributed by atoms with van der Waals surface area (Å²) in [6.45, 7) is 6.07. The van der Waals surface area contributed by atoms with Crippen LogP contribution in [0.3, 0.4) is 0 Å². The second-order valence-electron chi connectivity index (χ2n) is 9.63. The number of aliphatic hydroxyl groups is 1. The highest BCUT2D eigenvalue weighted by molar-refractivity contribution is 6.30. The van der Waals surface area contributed by atoms with E-state index in [2.05, 4.69) is 29.7 Å². The highest BCUT2D eigenvalue weighted by Crippen LogP contribution is 2.46. The summed E-state index contributed by atoms with van der Waals surface area (Å²) in [4.78, 5) is 2.42. The molecule has 4 nitrogen and oxygen atoms in total. The number of halogens is 1. The minimum Gasteiger partial charge on any atom is -0.490 e. The molecule has 0 aromatic heterocycles. The maximum Gasteiger partial charge on any atom is 0.142 e. The molecule has 1 saturated carbocycles. The zero-order valence-corrected chi connectivity index (χ0v) is 19.0. The maximum atomic E-state index is 10.4. The normalized spacial score (nSPS) is 27.2. The van der Waals surface area contributed by atoms with Gasteiger partial charge in [-0.25, -0.2) is 0 Å². The molecule has 2 aliphatic carbocycles. The summed E-state index contributed by atoms with van der Waals surface area (Å²) in [7, 11) is 0. The molecule has 1 fully saturated rings. The Labute approximate surface area is 195 Å². The van der Waals surface area contributed by atoms with Crippen molar-refractivity contribution in [3.63, 3.8) is 0 Å². The summed E-state index contributed by atoms with van der Waals surface area (Å²) in [5, 5.41) is 20.7. The van der Waals surface area contributed by atoms with E-state index in [9.17, 15) is 10.4 Å². The van der Waals surface area contributed by atoms with E-state index in [1.54, 1.807) is 6.08 Å². The Morgan fingerprint density at radius 2 is 2.19 bits per heavy atom. The number of aryl methyl sites for hydroxylation is 1. The van der Waals surface area contributed by atoms with Crippen LogP contribution >= 0.6 is 11.6 Å². The van der Waals surface area contributed by atoms with Gasteiger partial charge < -0.3 is 14.7 Å². The van der Waals surface area contributed by atoms with E-state index >= 15 is 0 Å². The summed E-state index contributed by atoms with van der Waals surface area (Å²) in [5.74, 6) is 1.47. The lowest BCUT2D eigenvalue weighted by atomic mass is 9.68. The fourth-order valence-corrected chi connectivity index (χ4v) is 6.11. The zero-order chi connectivity index (χ0) is 22.3. The second kappa shape index (κ2) is 8.46. The van der Waals surface area contributed by atoms with Crippen LogP contribution in [-0.4, -0.2) is 30.9 Å². The number of aliphatic hydroxyl groups excluding tert-OH is 1. The molecule has 0 saturated heterocycles. The van der Waals surface area contributed by atoms with Gasteiger partial charge >= 0.3 is 0 Å². The van der Waals surface area contributed by atoms with Crippen LogP contribution in [0.25, 0.3) is 0 Å². The third-order valence-electron chi connectivity index (χ3n) is 7.78. The smallest absolute Gasteiger partial charge is 0.142 e. The van der Waals surface area contributed by atoms with Crippen molar-refractivity contribution >= 4 is 17.3 Å². The molecule has 0 bridgehead atoms. The number of rotatable bonds is 4. The number of hydrogen-bond acceptors (Lipinski definition) is 4. The first-order chi connectivity index (χ1) is 15.5.